The topological polar surface area (TPSA) is 82.8 Å². The van der Waals surface area contributed by atoms with Crippen LogP contribution in [0.25, 0.3) is 10.8 Å². The van der Waals surface area contributed by atoms with Gasteiger partial charge in [-0.3, -0.25) is 0 Å². The molecule has 0 amide bonds. The second kappa shape index (κ2) is 8.84. The molecule has 1 N–H and O–H groups in total. The average Bonchev–Trinajstić information content (AvgIpc) is 3.17. The predicted octanol–water partition coefficient (Wildman–Crippen LogP) is 4.09. The highest BCUT2D eigenvalue weighted by Crippen LogP contribution is 2.42. The van der Waals surface area contributed by atoms with Crippen LogP contribution in [0.5, 0.6) is 0 Å². The first kappa shape index (κ1) is 20.4. The van der Waals surface area contributed by atoms with Crippen molar-refractivity contribution in [2.45, 2.75) is 5.92 Å². The minimum absolute atomic E-state index is 0.197. The molecule has 0 radical (unpaired) electrons. The summed E-state index contributed by atoms with van der Waals surface area (Å²) in [6.07, 6.45) is 0. The molecule has 1 aliphatic rings. The third-order valence-corrected chi connectivity index (χ3v) is 6.64. The monoisotopic (exact) mass is 422 g/mol. The molecule has 0 spiro atoms. The Morgan fingerprint density at radius 2 is 2.00 bits per heavy atom. The van der Waals surface area contributed by atoms with Crippen LogP contribution in [-0.4, -0.2) is 51.1 Å². The van der Waals surface area contributed by atoms with Crippen LogP contribution in [0.2, 0.25) is 0 Å². The molecule has 0 bridgehead atoms. The Balaban J connectivity index is 1.88. The molecule has 1 saturated heterocycles. The molecule has 30 heavy (non-hydrogen) atoms. The number of anilines is 1. The van der Waals surface area contributed by atoms with Crippen LogP contribution < -0.4 is 4.90 Å². The second-order valence-electron chi connectivity index (χ2n) is 7.16. The minimum atomic E-state index is -1.02. The lowest BCUT2D eigenvalue weighted by atomic mass is 9.88. The molecular weight excluding hydrogens is 400 g/mol. The SMILES string of the molecule is COCC(c1ccc2ccccc2c1)c1c(C(=O)O)sc(N2CCOCC2)c1C#N. The molecule has 3 aromatic rings. The van der Waals surface area contributed by atoms with Crippen molar-refractivity contribution in [2.75, 3.05) is 44.9 Å². The fourth-order valence-corrected chi connectivity index (χ4v) is 5.16. The fraction of sp³-hybridized carbons (Fsp3) is 0.304. The first-order chi connectivity index (χ1) is 14.6. The van der Waals surface area contributed by atoms with Gasteiger partial charge in [0.25, 0.3) is 0 Å². The van der Waals surface area contributed by atoms with E-state index in [0.29, 0.717) is 42.4 Å². The van der Waals surface area contributed by atoms with Crippen LogP contribution in [0.4, 0.5) is 5.00 Å². The number of methoxy groups -OCH3 is 1. The largest absolute Gasteiger partial charge is 0.477 e. The Labute approximate surface area is 178 Å². The van der Waals surface area contributed by atoms with Gasteiger partial charge in [-0.1, -0.05) is 42.5 Å². The zero-order valence-electron chi connectivity index (χ0n) is 16.6. The van der Waals surface area contributed by atoms with Crippen LogP contribution >= 0.6 is 11.3 Å². The van der Waals surface area contributed by atoms with Gasteiger partial charge in [-0.05, 0) is 16.3 Å². The first-order valence-electron chi connectivity index (χ1n) is 9.74. The average molecular weight is 423 g/mol. The van der Waals surface area contributed by atoms with Crippen LogP contribution in [0.3, 0.4) is 0 Å². The number of hydrogen-bond donors (Lipinski definition) is 1. The summed E-state index contributed by atoms with van der Waals surface area (Å²) in [5.41, 5.74) is 1.89. The van der Waals surface area contributed by atoms with Gasteiger partial charge in [0.2, 0.25) is 0 Å². The Kier molecular flexibility index (Phi) is 6.00. The van der Waals surface area contributed by atoms with Gasteiger partial charge < -0.3 is 19.5 Å². The first-order valence-corrected chi connectivity index (χ1v) is 10.6. The molecule has 0 aliphatic carbocycles. The number of ether oxygens (including phenoxy) is 2. The molecule has 2 aromatic carbocycles. The lowest BCUT2D eigenvalue weighted by Gasteiger charge is -2.28. The highest BCUT2D eigenvalue weighted by molar-refractivity contribution is 7.18. The van der Waals surface area contributed by atoms with E-state index in [1.54, 1.807) is 7.11 Å². The summed E-state index contributed by atoms with van der Waals surface area (Å²) in [5.74, 6) is -1.38. The van der Waals surface area contributed by atoms with Crippen molar-refractivity contribution in [1.29, 1.82) is 5.26 Å². The van der Waals surface area contributed by atoms with Gasteiger partial charge in [0.15, 0.2) is 0 Å². The second-order valence-corrected chi connectivity index (χ2v) is 8.15. The number of fused-ring (bicyclic) bond motifs is 1. The number of aromatic carboxylic acids is 1. The Bertz CT molecular complexity index is 1110. The molecule has 4 rings (SSSR count). The van der Waals surface area contributed by atoms with E-state index in [0.717, 1.165) is 16.3 Å². The molecule has 0 saturated carbocycles. The third-order valence-electron chi connectivity index (χ3n) is 5.39. The maximum Gasteiger partial charge on any atom is 0.346 e. The van der Waals surface area contributed by atoms with Gasteiger partial charge in [0.1, 0.15) is 15.9 Å². The van der Waals surface area contributed by atoms with Crippen molar-refractivity contribution in [3.63, 3.8) is 0 Å². The van der Waals surface area contributed by atoms with Gasteiger partial charge in [0, 0.05) is 31.7 Å². The Hall–Kier alpha value is -2.92. The van der Waals surface area contributed by atoms with Crippen LogP contribution in [0.1, 0.15) is 32.3 Å². The van der Waals surface area contributed by atoms with E-state index in [1.165, 1.54) is 11.3 Å². The lowest BCUT2D eigenvalue weighted by Crippen LogP contribution is -2.36. The smallest absolute Gasteiger partial charge is 0.346 e. The molecule has 1 aromatic heterocycles. The number of carboxylic acid groups (broad SMARTS) is 1. The number of hydrogen-bond acceptors (Lipinski definition) is 6. The minimum Gasteiger partial charge on any atom is -0.477 e. The zero-order chi connectivity index (χ0) is 21.1. The van der Waals surface area contributed by atoms with E-state index >= 15 is 0 Å². The standard InChI is InChI=1S/C23H22N2O4S/c1-28-14-19(17-7-6-15-4-2-3-5-16(15)12-17)20-18(13-24)22(30-21(20)23(26)27)25-8-10-29-11-9-25/h2-7,12,19H,8-11,14H2,1H3,(H,26,27). The molecule has 7 heteroatoms. The molecule has 1 aliphatic heterocycles. The van der Waals surface area contributed by atoms with Gasteiger partial charge in [0.05, 0.1) is 25.4 Å². The van der Waals surface area contributed by atoms with Gasteiger partial charge in [-0.15, -0.1) is 11.3 Å². The number of morpholine rings is 1. The quantitative estimate of drug-likeness (QED) is 0.644. The summed E-state index contributed by atoms with van der Waals surface area (Å²) < 4.78 is 10.9. The maximum absolute atomic E-state index is 12.2. The zero-order valence-corrected chi connectivity index (χ0v) is 17.4. The van der Waals surface area contributed by atoms with Crippen molar-refractivity contribution >= 4 is 33.1 Å². The molecule has 1 fully saturated rings. The van der Waals surface area contributed by atoms with Crippen molar-refractivity contribution in [1.82, 2.24) is 0 Å². The highest BCUT2D eigenvalue weighted by atomic mass is 32.1. The van der Waals surface area contributed by atoms with Crippen LogP contribution in [0, 0.1) is 11.3 Å². The molecule has 6 nitrogen and oxygen atoms in total. The highest BCUT2D eigenvalue weighted by Gasteiger charge is 2.32. The fourth-order valence-electron chi connectivity index (χ4n) is 3.96. The number of nitriles is 1. The van der Waals surface area contributed by atoms with Gasteiger partial charge in [-0.2, -0.15) is 5.26 Å². The molecule has 2 heterocycles. The van der Waals surface area contributed by atoms with Crippen LogP contribution in [0.15, 0.2) is 42.5 Å². The number of benzene rings is 2. The lowest BCUT2D eigenvalue weighted by molar-refractivity contribution is 0.0700. The Morgan fingerprint density at radius 3 is 2.67 bits per heavy atom. The number of carboxylic acids is 1. The maximum atomic E-state index is 12.2. The summed E-state index contributed by atoms with van der Waals surface area (Å²) in [6, 6.07) is 16.4. The van der Waals surface area contributed by atoms with E-state index in [4.69, 9.17) is 9.47 Å². The number of carbonyl (C=O) groups is 1. The van der Waals surface area contributed by atoms with E-state index in [-0.39, 0.29) is 17.4 Å². The number of nitrogens with zero attached hydrogens (tertiary/aromatic N) is 2. The van der Waals surface area contributed by atoms with E-state index in [9.17, 15) is 15.2 Å². The van der Waals surface area contributed by atoms with Crippen molar-refractivity contribution in [3.05, 3.63) is 64.0 Å². The summed E-state index contributed by atoms with van der Waals surface area (Å²) in [6.45, 7) is 2.68. The number of rotatable bonds is 6. The van der Waals surface area contributed by atoms with Crippen molar-refractivity contribution in [3.8, 4) is 6.07 Å². The van der Waals surface area contributed by atoms with E-state index in [2.05, 4.69) is 12.1 Å². The molecule has 154 valence electrons. The summed E-state index contributed by atoms with van der Waals surface area (Å²) >= 11 is 1.17. The Morgan fingerprint density at radius 1 is 1.27 bits per heavy atom. The summed E-state index contributed by atoms with van der Waals surface area (Å²) in [7, 11) is 1.59. The summed E-state index contributed by atoms with van der Waals surface area (Å²) in [4.78, 5) is 14.4. The number of thiophene rings is 1. The van der Waals surface area contributed by atoms with Crippen molar-refractivity contribution < 1.29 is 19.4 Å². The van der Waals surface area contributed by atoms with Crippen LogP contribution in [-0.2, 0) is 9.47 Å². The van der Waals surface area contributed by atoms with E-state index < -0.39 is 5.97 Å². The molecule has 1 atom stereocenters. The van der Waals surface area contributed by atoms with Gasteiger partial charge in [-0.25, -0.2) is 4.79 Å². The van der Waals surface area contributed by atoms with E-state index in [1.807, 2.05) is 41.3 Å². The normalized spacial score (nSPS) is 15.1. The van der Waals surface area contributed by atoms with Gasteiger partial charge >= 0.3 is 5.97 Å². The van der Waals surface area contributed by atoms with Crippen molar-refractivity contribution in [2.24, 2.45) is 0 Å². The molecular formula is C23H22N2O4S. The predicted molar refractivity (Wildman–Crippen MR) is 117 cm³/mol. The third kappa shape index (κ3) is 3.77. The molecule has 1 unspecified atom stereocenters. The summed E-state index contributed by atoms with van der Waals surface area (Å²) in [5, 5.41) is 22.9.